The van der Waals surface area contributed by atoms with Crippen LogP contribution in [0.3, 0.4) is 0 Å². The molecule has 0 N–H and O–H groups in total. The van der Waals surface area contributed by atoms with Gasteiger partial charge in [-0.05, 0) is 53.7 Å². The van der Waals surface area contributed by atoms with E-state index in [9.17, 15) is 4.79 Å². The predicted octanol–water partition coefficient (Wildman–Crippen LogP) is 4.11. The summed E-state index contributed by atoms with van der Waals surface area (Å²) in [7, 11) is 2.03. The average molecular weight is 294 g/mol. The summed E-state index contributed by atoms with van der Waals surface area (Å²) in [5.41, 5.74) is 2.03. The number of carbonyl (C=O) groups is 1. The molecule has 0 saturated heterocycles. The smallest absolute Gasteiger partial charge is 0.164 e. The van der Waals surface area contributed by atoms with Crippen LogP contribution >= 0.6 is 22.9 Å². The van der Waals surface area contributed by atoms with E-state index < -0.39 is 0 Å². The number of benzene rings is 1. The van der Waals surface area contributed by atoms with Crippen molar-refractivity contribution >= 4 is 28.7 Å². The molecule has 100 valence electrons. The molecule has 0 amide bonds. The summed E-state index contributed by atoms with van der Waals surface area (Å²) in [5, 5.41) is 4.87. The molecule has 1 aromatic carbocycles. The van der Waals surface area contributed by atoms with Gasteiger partial charge < -0.3 is 4.90 Å². The first-order chi connectivity index (χ1) is 9.15. The van der Waals surface area contributed by atoms with Crippen molar-refractivity contribution < 1.29 is 4.79 Å². The topological polar surface area (TPSA) is 20.3 Å². The lowest BCUT2D eigenvalue weighted by molar-refractivity contribution is 0.0968. The number of nitrogens with zero attached hydrogens (tertiary/aromatic N) is 1. The molecule has 2 rings (SSSR count). The molecule has 2 aromatic rings. The van der Waals surface area contributed by atoms with Crippen molar-refractivity contribution in [2.75, 3.05) is 13.6 Å². The van der Waals surface area contributed by atoms with E-state index in [0.29, 0.717) is 11.4 Å². The summed E-state index contributed by atoms with van der Waals surface area (Å²) >= 11 is 7.50. The van der Waals surface area contributed by atoms with Gasteiger partial charge in [0.15, 0.2) is 5.78 Å². The predicted molar refractivity (Wildman–Crippen MR) is 81.1 cm³/mol. The maximum atomic E-state index is 12.0. The third-order valence-electron chi connectivity index (χ3n) is 2.92. The van der Waals surface area contributed by atoms with Crippen LogP contribution in [0.4, 0.5) is 0 Å². The molecule has 0 saturated carbocycles. The number of rotatable bonds is 6. The van der Waals surface area contributed by atoms with Crippen LogP contribution in [-0.2, 0) is 6.54 Å². The number of thiophene rings is 1. The van der Waals surface area contributed by atoms with Crippen molar-refractivity contribution in [3.8, 4) is 0 Å². The summed E-state index contributed by atoms with van der Waals surface area (Å²) in [6, 6.07) is 9.18. The zero-order chi connectivity index (χ0) is 13.7. The Balaban J connectivity index is 1.81. The Morgan fingerprint density at radius 3 is 2.63 bits per heavy atom. The molecule has 0 bridgehead atoms. The number of carbonyl (C=O) groups excluding carboxylic acids is 1. The maximum Gasteiger partial charge on any atom is 0.164 e. The van der Waals surface area contributed by atoms with E-state index in [1.807, 2.05) is 7.05 Å². The molecule has 0 spiro atoms. The second kappa shape index (κ2) is 6.85. The van der Waals surface area contributed by atoms with Crippen molar-refractivity contribution in [1.82, 2.24) is 4.90 Å². The number of Topliss-reactive ketones (excluding diaryl/α,β-unsaturated/α-hetero) is 1. The zero-order valence-corrected chi connectivity index (χ0v) is 12.4. The lowest BCUT2D eigenvalue weighted by atomic mass is 10.1. The molecule has 0 fully saturated rings. The largest absolute Gasteiger partial charge is 0.302 e. The van der Waals surface area contributed by atoms with Crippen molar-refractivity contribution in [1.29, 1.82) is 0 Å². The molecule has 0 atom stereocenters. The summed E-state index contributed by atoms with van der Waals surface area (Å²) in [6.07, 6.45) is 0.530. The molecule has 1 aromatic heterocycles. The summed E-state index contributed by atoms with van der Waals surface area (Å²) in [5.74, 6) is 0.161. The second-order valence-electron chi connectivity index (χ2n) is 4.55. The van der Waals surface area contributed by atoms with E-state index in [-0.39, 0.29) is 5.78 Å². The van der Waals surface area contributed by atoms with Crippen LogP contribution in [0.15, 0.2) is 41.1 Å². The van der Waals surface area contributed by atoms with E-state index in [1.54, 1.807) is 35.6 Å². The molecule has 4 heteroatoms. The summed E-state index contributed by atoms with van der Waals surface area (Å²) < 4.78 is 0. The molecular formula is C15H16ClNOS. The van der Waals surface area contributed by atoms with Crippen LogP contribution < -0.4 is 0 Å². The van der Waals surface area contributed by atoms with Crippen LogP contribution in [0.25, 0.3) is 0 Å². The van der Waals surface area contributed by atoms with Crippen LogP contribution in [-0.4, -0.2) is 24.3 Å². The Kier molecular flexibility index (Phi) is 5.14. The van der Waals surface area contributed by atoms with Gasteiger partial charge in [-0.15, -0.1) is 0 Å². The Hall–Kier alpha value is -1.16. The minimum absolute atomic E-state index is 0.161. The van der Waals surface area contributed by atoms with Gasteiger partial charge in [-0.2, -0.15) is 11.3 Å². The Labute approximate surface area is 122 Å². The summed E-state index contributed by atoms with van der Waals surface area (Å²) in [6.45, 7) is 1.65. The minimum atomic E-state index is 0.161. The number of hydrogen-bond acceptors (Lipinski definition) is 3. The monoisotopic (exact) mass is 293 g/mol. The third-order valence-corrected chi connectivity index (χ3v) is 3.90. The quantitative estimate of drug-likeness (QED) is 0.747. The highest BCUT2D eigenvalue weighted by Gasteiger charge is 2.08. The van der Waals surface area contributed by atoms with Gasteiger partial charge >= 0.3 is 0 Å². The van der Waals surface area contributed by atoms with Gasteiger partial charge in [-0.3, -0.25) is 4.79 Å². The van der Waals surface area contributed by atoms with Crippen molar-refractivity contribution in [2.24, 2.45) is 0 Å². The van der Waals surface area contributed by atoms with E-state index in [1.165, 1.54) is 5.56 Å². The van der Waals surface area contributed by atoms with Crippen LogP contribution in [0.1, 0.15) is 22.3 Å². The third kappa shape index (κ3) is 4.46. The number of halogens is 1. The average Bonchev–Trinajstić information content (AvgIpc) is 2.89. The van der Waals surface area contributed by atoms with Crippen LogP contribution in [0.2, 0.25) is 5.02 Å². The van der Waals surface area contributed by atoms with Crippen molar-refractivity contribution in [3.05, 3.63) is 57.2 Å². The van der Waals surface area contributed by atoms with Crippen LogP contribution in [0, 0.1) is 0 Å². The number of hydrogen-bond donors (Lipinski definition) is 0. The Bertz CT molecular complexity index is 522. The van der Waals surface area contributed by atoms with Gasteiger partial charge in [-0.25, -0.2) is 0 Å². The normalized spacial score (nSPS) is 10.9. The Morgan fingerprint density at radius 1 is 1.26 bits per heavy atom. The van der Waals surface area contributed by atoms with E-state index in [4.69, 9.17) is 11.6 Å². The molecule has 2 nitrogen and oxygen atoms in total. The van der Waals surface area contributed by atoms with Crippen LogP contribution in [0.5, 0.6) is 0 Å². The molecule has 0 aliphatic heterocycles. The standard InChI is InChI=1S/C15H16ClNOS/c1-17(10-12-7-9-19-11-12)8-6-15(18)13-2-4-14(16)5-3-13/h2-5,7,9,11H,6,8,10H2,1H3. The molecule has 1 heterocycles. The molecule has 0 radical (unpaired) electrons. The second-order valence-corrected chi connectivity index (χ2v) is 5.77. The molecule has 0 aliphatic rings. The van der Waals surface area contributed by atoms with Gasteiger partial charge in [-0.1, -0.05) is 11.6 Å². The molecule has 0 aliphatic carbocycles. The zero-order valence-electron chi connectivity index (χ0n) is 10.8. The first-order valence-corrected chi connectivity index (χ1v) is 7.45. The first kappa shape index (κ1) is 14.3. The molecule has 0 unspecified atom stereocenters. The highest BCUT2D eigenvalue weighted by molar-refractivity contribution is 7.07. The minimum Gasteiger partial charge on any atom is -0.302 e. The lowest BCUT2D eigenvalue weighted by Gasteiger charge is -2.15. The van der Waals surface area contributed by atoms with Crippen molar-refractivity contribution in [3.63, 3.8) is 0 Å². The van der Waals surface area contributed by atoms with Gasteiger partial charge in [0.2, 0.25) is 0 Å². The van der Waals surface area contributed by atoms with Crippen molar-refractivity contribution in [2.45, 2.75) is 13.0 Å². The molecule has 19 heavy (non-hydrogen) atoms. The Morgan fingerprint density at radius 2 is 2.00 bits per heavy atom. The molecular weight excluding hydrogens is 278 g/mol. The fourth-order valence-corrected chi connectivity index (χ4v) is 2.63. The highest BCUT2D eigenvalue weighted by Crippen LogP contribution is 2.12. The lowest BCUT2D eigenvalue weighted by Crippen LogP contribution is -2.21. The fourth-order valence-electron chi connectivity index (χ4n) is 1.85. The SMILES string of the molecule is CN(CCC(=O)c1ccc(Cl)cc1)Cc1ccsc1. The first-order valence-electron chi connectivity index (χ1n) is 6.13. The fraction of sp³-hybridized carbons (Fsp3) is 0.267. The van der Waals surface area contributed by atoms with Gasteiger partial charge in [0, 0.05) is 30.1 Å². The van der Waals surface area contributed by atoms with E-state index in [0.717, 1.165) is 18.7 Å². The van der Waals surface area contributed by atoms with Gasteiger partial charge in [0.25, 0.3) is 0 Å². The highest BCUT2D eigenvalue weighted by atomic mass is 35.5. The van der Waals surface area contributed by atoms with E-state index in [2.05, 4.69) is 21.7 Å². The van der Waals surface area contributed by atoms with E-state index >= 15 is 0 Å². The van der Waals surface area contributed by atoms with Gasteiger partial charge in [0.05, 0.1) is 0 Å². The maximum absolute atomic E-state index is 12.0. The summed E-state index contributed by atoms with van der Waals surface area (Å²) in [4.78, 5) is 14.2. The van der Waals surface area contributed by atoms with Gasteiger partial charge in [0.1, 0.15) is 0 Å². The number of ketones is 1.